The van der Waals surface area contributed by atoms with E-state index in [0.29, 0.717) is 11.6 Å². The highest BCUT2D eigenvalue weighted by Crippen LogP contribution is 2.47. The van der Waals surface area contributed by atoms with Gasteiger partial charge in [-0.05, 0) is 58.0 Å². The largest absolute Gasteiger partial charge is 0.312 e. The Morgan fingerprint density at radius 2 is 1.93 bits per heavy atom. The Morgan fingerprint density at radius 1 is 1.20 bits per heavy atom. The molecule has 2 saturated heterocycles. The minimum Gasteiger partial charge on any atom is -0.312 e. The summed E-state index contributed by atoms with van der Waals surface area (Å²) in [5.41, 5.74) is 0.535. The van der Waals surface area contributed by atoms with E-state index in [1.54, 1.807) is 0 Å². The number of likely N-dealkylation sites (tertiary alicyclic amines) is 1. The second-order valence-electron chi connectivity index (χ2n) is 5.96. The van der Waals surface area contributed by atoms with Crippen molar-refractivity contribution < 1.29 is 0 Å². The van der Waals surface area contributed by atoms with Gasteiger partial charge in [-0.3, -0.25) is 4.90 Å². The first kappa shape index (κ1) is 10.1. The number of nitrogens with zero attached hydrogens (tertiary/aromatic N) is 1. The van der Waals surface area contributed by atoms with Crippen LogP contribution in [0.4, 0.5) is 0 Å². The second kappa shape index (κ2) is 3.46. The lowest BCUT2D eigenvalue weighted by molar-refractivity contribution is 0.0575. The monoisotopic (exact) mass is 208 g/mol. The van der Waals surface area contributed by atoms with Gasteiger partial charge in [-0.1, -0.05) is 6.92 Å². The third kappa shape index (κ3) is 1.45. The molecule has 1 N–H and O–H groups in total. The van der Waals surface area contributed by atoms with Crippen LogP contribution in [0.3, 0.4) is 0 Å². The average Bonchev–Trinajstić information content (AvgIpc) is 2.79. The van der Waals surface area contributed by atoms with E-state index in [9.17, 15) is 0 Å². The number of hydrogen-bond donors (Lipinski definition) is 1. The zero-order chi connectivity index (χ0) is 10.5. The molecule has 2 nitrogen and oxygen atoms in total. The van der Waals surface area contributed by atoms with Gasteiger partial charge in [0.1, 0.15) is 0 Å². The molecule has 86 valence electrons. The van der Waals surface area contributed by atoms with Crippen molar-refractivity contribution in [3.8, 4) is 0 Å². The molecule has 0 radical (unpaired) electrons. The highest BCUT2D eigenvalue weighted by atomic mass is 15.3. The van der Waals surface area contributed by atoms with E-state index >= 15 is 0 Å². The van der Waals surface area contributed by atoms with Crippen molar-refractivity contribution in [1.82, 2.24) is 10.2 Å². The first-order valence-corrected chi connectivity index (χ1v) is 6.74. The Morgan fingerprint density at radius 3 is 2.60 bits per heavy atom. The molecule has 1 aliphatic carbocycles. The molecule has 3 rings (SSSR count). The first-order chi connectivity index (χ1) is 7.24. The molecule has 0 aromatic rings. The van der Waals surface area contributed by atoms with Gasteiger partial charge in [0.2, 0.25) is 0 Å². The van der Waals surface area contributed by atoms with Crippen molar-refractivity contribution in [1.29, 1.82) is 0 Å². The van der Waals surface area contributed by atoms with Crippen LogP contribution in [0.5, 0.6) is 0 Å². The Bertz CT molecular complexity index is 253. The Labute approximate surface area is 93.4 Å². The van der Waals surface area contributed by atoms with Crippen LogP contribution in [0.15, 0.2) is 0 Å². The third-order valence-corrected chi connectivity index (χ3v) is 5.09. The summed E-state index contributed by atoms with van der Waals surface area (Å²) in [5, 5.41) is 3.70. The molecule has 2 aliphatic heterocycles. The second-order valence-corrected chi connectivity index (χ2v) is 5.96. The lowest BCUT2D eigenvalue weighted by atomic mass is 9.80. The van der Waals surface area contributed by atoms with Gasteiger partial charge in [0.25, 0.3) is 0 Å². The zero-order valence-electron chi connectivity index (χ0n) is 10.1. The molecule has 1 spiro atoms. The molecule has 0 aromatic heterocycles. The predicted molar refractivity (Wildman–Crippen MR) is 62.9 cm³/mol. The van der Waals surface area contributed by atoms with Crippen LogP contribution >= 0.6 is 0 Å². The maximum Gasteiger partial charge on any atom is 0.0363 e. The van der Waals surface area contributed by atoms with Crippen molar-refractivity contribution in [2.45, 2.75) is 63.6 Å². The number of nitrogens with one attached hydrogen (secondary N) is 1. The summed E-state index contributed by atoms with van der Waals surface area (Å²) < 4.78 is 0. The summed E-state index contributed by atoms with van der Waals surface area (Å²) in [6, 6.07) is 1.64. The van der Waals surface area contributed by atoms with Crippen molar-refractivity contribution in [3.05, 3.63) is 0 Å². The lowest BCUT2D eigenvalue weighted by Gasteiger charge is -2.47. The van der Waals surface area contributed by atoms with Crippen LogP contribution in [0.2, 0.25) is 0 Å². The zero-order valence-corrected chi connectivity index (χ0v) is 10.1. The predicted octanol–water partition coefficient (Wildman–Crippen LogP) is 2.00. The molecular weight excluding hydrogens is 184 g/mol. The van der Waals surface area contributed by atoms with E-state index in [1.165, 1.54) is 45.2 Å². The molecule has 3 aliphatic rings. The minimum absolute atomic E-state index is 0.535. The standard InChI is InChI=1S/C13H24N2/c1-10-9-12(10)15-8-4-6-13(15)5-3-7-14-11(13)2/h10-12,14H,3-9H2,1-2H3. The molecule has 0 bridgehead atoms. The smallest absolute Gasteiger partial charge is 0.0363 e. The van der Waals surface area contributed by atoms with E-state index < -0.39 is 0 Å². The molecule has 0 amide bonds. The van der Waals surface area contributed by atoms with Gasteiger partial charge in [-0.15, -0.1) is 0 Å². The normalized spacial score (nSPS) is 51.2. The molecule has 1 saturated carbocycles. The van der Waals surface area contributed by atoms with E-state index in [4.69, 9.17) is 0 Å². The van der Waals surface area contributed by atoms with Gasteiger partial charge in [0.05, 0.1) is 0 Å². The van der Waals surface area contributed by atoms with Gasteiger partial charge in [-0.25, -0.2) is 0 Å². The molecule has 15 heavy (non-hydrogen) atoms. The number of hydrogen-bond acceptors (Lipinski definition) is 2. The maximum absolute atomic E-state index is 3.70. The van der Waals surface area contributed by atoms with Crippen molar-refractivity contribution in [2.75, 3.05) is 13.1 Å². The Balaban J connectivity index is 1.81. The summed E-state index contributed by atoms with van der Waals surface area (Å²) in [6.07, 6.45) is 7.13. The molecule has 0 aromatic carbocycles. The third-order valence-electron chi connectivity index (χ3n) is 5.09. The van der Waals surface area contributed by atoms with E-state index in [0.717, 1.165) is 12.0 Å². The van der Waals surface area contributed by atoms with Gasteiger partial charge >= 0.3 is 0 Å². The van der Waals surface area contributed by atoms with Crippen LogP contribution in [0.25, 0.3) is 0 Å². The van der Waals surface area contributed by atoms with Crippen LogP contribution in [-0.2, 0) is 0 Å². The van der Waals surface area contributed by atoms with E-state index in [2.05, 4.69) is 24.1 Å². The van der Waals surface area contributed by atoms with Crippen molar-refractivity contribution in [2.24, 2.45) is 5.92 Å². The maximum atomic E-state index is 3.70. The van der Waals surface area contributed by atoms with Crippen LogP contribution in [0, 0.1) is 5.92 Å². The van der Waals surface area contributed by atoms with Crippen molar-refractivity contribution in [3.63, 3.8) is 0 Å². The van der Waals surface area contributed by atoms with Gasteiger partial charge < -0.3 is 5.32 Å². The number of piperidine rings is 1. The first-order valence-electron chi connectivity index (χ1n) is 6.74. The minimum atomic E-state index is 0.535. The van der Waals surface area contributed by atoms with E-state index in [-0.39, 0.29) is 0 Å². The highest BCUT2D eigenvalue weighted by Gasteiger charge is 2.53. The molecule has 3 fully saturated rings. The van der Waals surface area contributed by atoms with Crippen LogP contribution < -0.4 is 5.32 Å². The average molecular weight is 208 g/mol. The number of rotatable bonds is 1. The molecular formula is C13H24N2. The summed E-state index contributed by atoms with van der Waals surface area (Å²) in [4.78, 5) is 2.87. The molecule has 4 atom stereocenters. The fourth-order valence-corrected chi connectivity index (χ4v) is 4.01. The summed E-state index contributed by atoms with van der Waals surface area (Å²) in [5.74, 6) is 0.967. The van der Waals surface area contributed by atoms with Crippen molar-refractivity contribution >= 4 is 0 Å². The summed E-state index contributed by atoms with van der Waals surface area (Å²) in [7, 11) is 0. The highest BCUT2D eigenvalue weighted by molar-refractivity contribution is 5.10. The Kier molecular flexibility index (Phi) is 2.33. The summed E-state index contributed by atoms with van der Waals surface area (Å²) in [6.45, 7) is 7.42. The topological polar surface area (TPSA) is 15.3 Å². The molecule has 2 heterocycles. The quantitative estimate of drug-likeness (QED) is 0.709. The van der Waals surface area contributed by atoms with Gasteiger partial charge in [0, 0.05) is 17.6 Å². The Hall–Kier alpha value is -0.0800. The van der Waals surface area contributed by atoms with Crippen LogP contribution in [0.1, 0.15) is 46.0 Å². The fraction of sp³-hybridized carbons (Fsp3) is 1.00. The van der Waals surface area contributed by atoms with Gasteiger partial charge in [-0.2, -0.15) is 0 Å². The molecule has 4 unspecified atom stereocenters. The van der Waals surface area contributed by atoms with Crippen LogP contribution in [-0.4, -0.2) is 35.6 Å². The van der Waals surface area contributed by atoms with Gasteiger partial charge in [0.15, 0.2) is 0 Å². The molecule has 2 heteroatoms. The fourth-order valence-electron chi connectivity index (χ4n) is 4.01. The SMILES string of the molecule is CC1CC1N1CCCC12CCCNC2C. The van der Waals surface area contributed by atoms with E-state index in [1.807, 2.05) is 0 Å². The lowest BCUT2D eigenvalue weighted by Crippen LogP contribution is -2.60. The summed E-state index contributed by atoms with van der Waals surface area (Å²) >= 11 is 0.